The molecule has 1 aliphatic rings. The van der Waals surface area contributed by atoms with Crippen molar-refractivity contribution < 1.29 is 5.11 Å². The zero-order valence-corrected chi connectivity index (χ0v) is 12.3. The Bertz CT molecular complexity index is 696. The molecule has 22 heavy (non-hydrogen) atoms. The number of β-amino-alcohol motifs (C(OH)–C–C–N with tert-alkyl or cyclic N) is 1. The summed E-state index contributed by atoms with van der Waals surface area (Å²) in [6, 6.07) is 9.35. The number of aliphatic hydroxyl groups is 1. The molecule has 1 saturated heterocycles. The molecule has 116 valence electrons. The Balaban J connectivity index is 1.76. The van der Waals surface area contributed by atoms with Crippen LogP contribution in [0.25, 0.3) is 11.4 Å². The Morgan fingerprint density at radius 3 is 2.77 bits per heavy atom. The highest BCUT2D eigenvalue weighted by atomic mass is 16.3. The van der Waals surface area contributed by atoms with Gasteiger partial charge in [-0.05, 0) is 12.0 Å². The van der Waals surface area contributed by atoms with Gasteiger partial charge in [0.15, 0.2) is 0 Å². The standard InChI is InChI=1S/C16H20N4O2/c17-8-13-7-15(22)19-16(18-13)12-3-1-11(2-4-12)9-20-6-5-14(21)10-20/h1-4,7,14,21H,5-6,8-10,17H2,(H,18,19,22)/t14-/m1/s1. The first-order valence-corrected chi connectivity index (χ1v) is 7.44. The predicted molar refractivity (Wildman–Crippen MR) is 84.1 cm³/mol. The summed E-state index contributed by atoms with van der Waals surface area (Å²) in [4.78, 5) is 20.9. The second-order valence-electron chi connectivity index (χ2n) is 5.66. The van der Waals surface area contributed by atoms with Crippen LogP contribution in [0.1, 0.15) is 17.7 Å². The molecule has 6 heteroatoms. The number of aromatic nitrogens is 2. The van der Waals surface area contributed by atoms with Gasteiger partial charge in [0.2, 0.25) is 0 Å². The summed E-state index contributed by atoms with van der Waals surface area (Å²) >= 11 is 0. The van der Waals surface area contributed by atoms with Crippen molar-refractivity contribution in [2.75, 3.05) is 13.1 Å². The molecular weight excluding hydrogens is 280 g/mol. The van der Waals surface area contributed by atoms with Crippen LogP contribution in [0.5, 0.6) is 0 Å². The van der Waals surface area contributed by atoms with Crippen LogP contribution in [0, 0.1) is 0 Å². The van der Waals surface area contributed by atoms with Crippen molar-refractivity contribution in [1.29, 1.82) is 0 Å². The van der Waals surface area contributed by atoms with Crippen molar-refractivity contribution >= 4 is 0 Å². The number of aliphatic hydroxyl groups excluding tert-OH is 1. The predicted octanol–water partition coefficient (Wildman–Crippen LogP) is 0.462. The molecule has 6 nitrogen and oxygen atoms in total. The Kier molecular flexibility index (Phi) is 4.33. The fourth-order valence-electron chi connectivity index (χ4n) is 2.73. The van der Waals surface area contributed by atoms with Gasteiger partial charge in [0.25, 0.3) is 5.56 Å². The van der Waals surface area contributed by atoms with Crippen molar-refractivity contribution in [3.8, 4) is 11.4 Å². The highest BCUT2D eigenvalue weighted by Crippen LogP contribution is 2.17. The van der Waals surface area contributed by atoms with Gasteiger partial charge < -0.3 is 15.8 Å². The molecule has 1 aromatic heterocycles. The molecule has 2 heterocycles. The fraction of sp³-hybridized carbons (Fsp3) is 0.375. The normalized spacial score (nSPS) is 18.7. The summed E-state index contributed by atoms with van der Waals surface area (Å²) < 4.78 is 0. The van der Waals surface area contributed by atoms with E-state index in [0.29, 0.717) is 11.5 Å². The fourth-order valence-corrected chi connectivity index (χ4v) is 2.73. The minimum atomic E-state index is -0.201. The van der Waals surface area contributed by atoms with Gasteiger partial charge in [-0.3, -0.25) is 9.69 Å². The minimum absolute atomic E-state index is 0.194. The van der Waals surface area contributed by atoms with E-state index in [1.165, 1.54) is 11.6 Å². The molecule has 1 atom stereocenters. The van der Waals surface area contributed by atoms with E-state index in [0.717, 1.165) is 31.6 Å². The summed E-state index contributed by atoms with van der Waals surface area (Å²) in [7, 11) is 0. The average Bonchev–Trinajstić information content (AvgIpc) is 2.92. The van der Waals surface area contributed by atoms with Crippen LogP contribution in [0.2, 0.25) is 0 Å². The summed E-state index contributed by atoms with van der Waals surface area (Å²) in [5, 5.41) is 9.55. The van der Waals surface area contributed by atoms with Gasteiger partial charge >= 0.3 is 0 Å². The summed E-state index contributed by atoms with van der Waals surface area (Å²) in [5.41, 5.74) is 7.97. The van der Waals surface area contributed by atoms with E-state index in [1.54, 1.807) is 0 Å². The van der Waals surface area contributed by atoms with Gasteiger partial charge in [0, 0.05) is 37.8 Å². The average molecular weight is 300 g/mol. The number of nitrogens with one attached hydrogen (secondary N) is 1. The molecule has 0 bridgehead atoms. The van der Waals surface area contributed by atoms with E-state index in [-0.39, 0.29) is 18.2 Å². The maximum Gasteiger partial charge on any atom is 0.251 e. The number of rotatable bonds is 4. The van der Waals surface area contributed by atoms with Crippen molar-refractivity contribution in [2.24, 2.45) is 5.73 Å². The van der Waals surface area contributed by atoms with Crippen LogP contribution in [0.15, 0.2) is 35.1 Å². The van der Waals surface area contributed by atoms with Crippen molar-refractivity contribution in [2.45, 2.75) is 25.6 Å². The molecule has 0 unspecified atom stereocenters. The number of benzene rings is 1. The summed E-state index contributed by atoms with van der Waals surface area (Å²) in [6.45, 7) is 2.72. The summed E-state index contributed by atoms with van der Waals surface area (Å²) in [6.07, 6.45) is 0.641. The molecule has 1 fully saturated rings. The smallest absolute Gasteiger partial charge is 0.251 e. The maximum atomic E-state index is 11.6. The van der Waals surface area contributed by atoms with Gasteiger partial charge in [0.05, 0.1) is 11.8 Å². The highest BCUT2D eigenvalue weighted by Gasteiger charge is 2.19. The van der Waals surface area contributed by atoms with E-state index in [2.05, 4.69) is 14.9 Å². The van der Waals surface area contributed by atoms with Gasteiger partial charge in [0.1, 0.15) is 5.82 Å². The van der Waals surface area contributed by atoms with Crippen molar-refractivity contribution in [3.63, 3.8) is 0 Å². The zero-order chi connectivity index (χ0) is 15.5. The quantitative estimate of drug-likeness (QED) is 0.762. The van der Waals surface area contributed by atoms with E-state index in [9.17, 15) is 9.90 Å². The third kappa shape index (κ3) is 3.41. The highest BCUT2D eigenvalue weighted by molar-refractivity contribution is 5.55. The number of nitrogens with zero attached hydrogens (tertiary/aromatic N) is 2. The molecule has 0 amide bonds. The molecule has 3 rings (SSSR count). The van der Waals surface area contributed by atoms with Crippen LogP contribution in [-0.4, -0.2) is 39.2 Å². The van der Waals surface area contributed by atoms with E-state index >= 15 is 0 Å². The maximum absolute atomic E-state index is 11.6. The third-order valence-corrected chi connectivity index (χ3v) is 3.88. The van der Waals surface area contributed by atoms with E-state index in [4.69, 9.17) is 5.73 Å². The first kappa shape index (κ1) is 14.9. The number of hydrogen-bond donors (Lipinski definition) is 3. The molecule has 2 aromatic rings. The minimum Gasteiger partial charge on any atom is -0.392 e. The molecule has 0 radical (unpaired) electrons. The van der Waals surface area contributed by atoms with Crippen LogP contribution >= 0.6 is 0 Å². The van der Waals surface area contributed by atoms with Gasteiger partial charge in [-0.15, -0.1) is 0 Å². The van der Waals surface area contributed by atoms with E-state index < -0.39 is 0 Å². The van der Waals surface area contributed by atoms with Crippen LogP contribution in [0.4, 0.5) is 0 Å². The lowest BCUT2D eigenvalue weighted by molar-refractivity contribution is 0.175. The Morgan fingerprint density at radius 2 is 2.14 bits per heavy atom. The second kappa shape index (κ2) is 6.39. The zero-order valence-electron chi connectivity index (χ0n) is 12.3. The van der Waals surface area contributed by atoms with Crippen LogP contribution in [-0.2, 0) is 13.1 Å². The molecule has 0 aliphatic carbocycles. The first-order valence-electron chi connectivity index (χ1n) is 7.44. The van der Waals surface area contributed by atoms with Crippen molar-refractivity contribution in [1.82, 2.24) is 14.9 Å². The number of hydrogen-bond acceptors (Lipinski definition) is 5. The molecule has 4 N–H and O–H groups in total. The number of likely N-dealkylation sites (tertiary alicyclic amines) is 1. The molecule has 0 spiro atoms. The molecule has 0 saturated carbocycles. The lowest BCUT2D eigenvalue weighted by Gasteiger charge is -2.15. The topological polar surface area (TPSA) is 95.2 Å². The lowest BCUT2D eigenvalue weighted by Crippen LogP contribution is -2.21. The van der Waals surface area contributed by atoms with Gasteiger partial charge in [-0.1, -0.05) is 24.3 Å². The van der Waals surface area contributed by atoms with Gasteiger partial charge in [-0.2, -0.15) is 0 Å². The van der Waals surface area contributed by atoms with Crippen LogP contribution in [0.3, 0.4) is 0 Å². The number of nitrogens with two attached hydrogens (primary N) is 1. The third-order valence-electron chi connectivity index (χ3n) is 3.88. The Hall–Kier alpha value is -2.02. The van der Waals surface area contributed by atoms with E-state index in [1.807, 2.05) is 24.3 Å². The second-order valence-corrected chi connectivity index (χ2v) is 5.66. The number of aromatic amines is 1. The first-order chi connectivity index (χ1) is 10.6. The molecule has 1 aliphatic heterocycles. The Morgan fingerprint density at radius 1 is 1.36 bits per heavy atom. The SMILES string of the molecule is NCc1cc(=O)[nH]c(-c2ccc(CN3CC[C@@H](O)C3)cc2)n1. The van der Waals surface area contributed by atoms with Gasteiger partial charge in [-0.25, -0.2) is 4.98 Å². The molecule has 1 aromatic carbocycles. The molecular formula is C16H20N4O2. The number of H-pyrrole nitrogens is 1. The Labute approximate surface area is 128 Å². The lowest BCUT2D eigenvalue weighted by atomic mass is 10.1. The monoisotopic (exact) mass is 300 g/mol. The largest absolute Gasteiger partial charge is 0.392 e. The van der Waals surface area contributed by atoms with Crippen LogP contribution < -0.4 is 11.3 Å². The summed E-state index contributed by atoms with van der Waals surface area (Å²) in [5.74, 6) is 0.538. The van der Waals surface area contributed by atoms with Crippen molar-refractivity contribution in [3.05, 3.63) is 51.9 Å².